The standard InChI is InChI=1S/C20H24N6O4S/c1-11-7-14-16(30-20(28)25(14)3)8-13(11)22-18-21-9-15-17(23-18)26(19(27)24(15)2)12-5-6-31(4,29)10-12/h7-9,12,29H,5-6,10H2,1-4H3,(H,21,22,23). The van der Waals surface area contributed by atoms with Crippen LogP contribution in [0.15, 0.2) is 32.3 Å². The average molecular weight is 445 g/mol. The van der Waals surface area contributed by atoms with Gasteiger partial charge in [-0.1, -0.05) is 0 Å². The second-order valence-electron chi connectivity index (χ2n) is 8.34. The minimum absolute atomic E-state index is 0.0827. The molecule has 2 unspecified atom stereocenters. The van der Waals surface area contributed by atoms with E-state index in [1.807, 2.05) is 19.2 Å². The molecule has 1 aromatic carbocycles. The van der Waals surface area contributed by atoms with Crippen molar-refractivity contribution in [2.24, 2.45) is 14.1 Å². The molecule has 10 nitrogen and oxygen atoms in total. The first-order valence-electron chi connectivity index (χ1n) is 9.92. The zero-order chi connectivity index (χ0) is 22.1. The van der Waals surface area contributed by atoms with Gasteiger partial charge >= 0.3 is 11.4 Å². The van der Waals surface area contributed by atoms with Crippen LogP contribution in [0.3, 0.4) is 0 Å². The van der Waals surface area contributed by atoms with Crippen molar-refractivity contribution in [2.45, 2.75) is 19.4 Å². The van der Waals surface area contributed by atoms with Gasteiger partial charge in [0.05, 0.1) is 17.8 Å². The van der Waals surface area contributed by atoms with Crippen molar-refractivity contribution in [3.63, 3.8) is 0 Å². The summed E-state index contributed by atoms with van der Waals surface area (Å²) in [6, 6.07) is 3.53. The van der Waals surface area contributed by atoms with Crippen molar-refractivity contribution < 1.29 is 8.97 Å². The van der Waals surface area contributed by atoms with Crippen LogP contribution in [0.25, 0.3) is 22.3 Å². The average Bonchev–Trinajstić information content (AvgIpc) is 3.29. The quantitative estimate of drug-likeness (QED) is 0.498. The van der Waals surface area contributed by atoms with E-state index in [-0.39, 0.29) is 11.7 Å². The third kappa shape index (κ3) is 3.15. The lowest BCUT2D eigenvalue weighted by atomic mass is 10.2. The Morgan fingerprint density at radius 3 is 2.71 bits per heavy atom. The Labute approximate surface area is 178 Å². The highest BCUT2D eigenvalue weighted by Crippen LogP contribution is 2.50. The molecule has 1 aliphatic rings. The van der Waals surface area contributed by atoms with Gasteiger partial charge in [0, 0.05) is 37.4 Å². The van der Waals surface area contributed by atoms with Crippen LogP contribution in [-0.2, 0) is 14.1 Å². The monoisotopic (exact) mass is 444 g/mol. The van der Waals surface area contributed by atoms with Crippen molar-refractivity contribution in [3.05, 3.63) is 44.9 Å². The van der Waals surface area contributed by atoms with E-state index in [0.29, 0.717) is 39.7 Å². The maximum atomic E-state index is 12.9. The molecule has 2 atom stereocenters. The minimum atomic E-state index is -1.67. The molecule has 3 aromatic heterocycles. The lowest BCUT2D eigenvalue weighted by Gasteiger charge is -2.22. The van der Waals surface area contributed by atoms with Crippen LogP contribution in [0, 0.1) is 6.92 Å². The first-order valence-corrected chi connectivity index (χ1v) is 12.3. The van der Waals surface area contributed by atoms with Crippen LogP contribution in [0.5, 0.6) is 0 Å². The summed E-state index contributed by atoms with van der Waals surface area (Å²) in [7, 11) is 1.69. The molecule has 11 heteroatoms. The fraction of sp³-hybridized carbons (Fsp3) is 0.400. The van der Waals surface area contributed by atoms with E-state index in [1.54, 1.807) is 30.9 Å². The number of hydrogen-bond donors (Lipinski definition) is 2. The zero-order valence-electron chi connectivity index (χ0n) is 17.7. The summed E-state index contributed by atoms with van der Waals surface area (Å²) in [6.45, 7) is 1.92. The largest absolute Gasteiger partial charge is 0.419 e. The molecular formula is C20H24N6O4S. The predicted molar refractivity (Wildman–Crippen MR) is 122 cm³/mol. The number of anilines is 2. The molecule has 1 saturated heterocycles. The van der Waals surface area contributed by atoms with Crippen LogP contribution in [-0.4, -0.2) is 46.0 Å². The van der Waals surface area contributed by atoms with Crippen molar-refractivity contribution >= 4 is 44.2 Å². The van der Waals surface area contributed by atoms with Crippen molar-refractivity contribution in [3.8, 4) is 0 Å². The molecule has 0 saturated carbocycles. The number of fused-ring (bicyclic) bond motifs is 2. The lowest BCUT2D eigenvalue weighted by Crippen LogP contribution is -2.26. The van der Waals surface area contributed by atoms with Gasteiger partial charge in [0.1, 0.15) is 5.52 Å². The fourth-order valence-corrected chi connectivity index (χ4v) is 6.32. The van der Waals surface area contributed by atoms with Gasteiger partial charge in [0.2, 0.25) is 5.95 Å². The summed E-state index contributed by atoms with van der Waals surface area (Å²) >= 11 is 0. The number of oxazole rings is 1. The number of benzene rings is 1. The maximum Gasteiger partial charge on any atom is 0.419 e. The maximum absolute atomic E-state index is 12.9. The van der Waals surface area contributed by atoms with Gasteiger partial charge < -0.3 is 14.3 Å². The fourth-order valence-electron chi connectivity index (χ4n) is 4.23. The molecule has 0 amide bonds. The molecular weight excluding hydrogens is 420 g/mol. The van der Waals surface area contributed by atoms with Gasteiger partial charge in [0.25, 0.3) is 0 Å². The van der Waals surface area contributed by atoms with Gasteiger partial charge in [-0.3, -0.25) is 13.7 Å². The Morgan fingerprint density at radius 2 is 2.00 bits per heavy atom. The Morgan fingerprint density at radius 1 is 1.23 bits per heavy atom. The summed E-state index contributed by atoms with van der Waals surface area (Å²) in [5.74, 6) is 1.22. The van der Waals surface area contributed by atoms with Crippen LogP contribution in [0.4, 0.5) is 11.6 Å². The van der Waals surface area contributed by atoms with E-state index >= 15 is 0 Å². The number of nitrogens with zero attached hydrogens (tertiary/aromatic N) is 5. The van der Waals surface area contributed by atoms with Gasteiger partial charge in [-0.05, 0) is 31.2 Å². The molecule has 164 valence electrons. The Balaban J connectivity index is 1.58. The Hall–Kier alpha value is -3.05. The van der Waals surface area contributed by atoms with E-state index in [9.17, 15) is 14.1 Å². The molecule has 0 aliphatic carbocycles. The highest BCUT2D eigenvalue weighted by molar-refractivity contribution is 8.28. The van der Waals surface area contributed by atoms with Crippen molar-refractivity contribution in [1.82, 2.24) is 23.7 Å². The number of nitrogens with one attached hydrogen (secondary N) is 1. The number of aromatic nitrogens is 5. The van der Waals surface area contributed by atoms with Crippen LogP contribution in [0.1, 0.15) is 18.0 Å². The van der Waals surface area contributed by atoms with Gasteiger partial charge in [-0.15, -0.1) is 10.3 Å². The molecule has 1 fully saturated rings. The van der Waals surface area contributed by atoms with Crippen LogP contribution < -0.4 is 16.8 Å². The summed E-state index contributed by atoms with van der Waals surface area (Å²) in [6.07, 6.45) is 4.25. The van der Waals surface area contributed by atoms with Crippen molar-refractivity contribution in [1.29, 1.82) is 0 Å². The highest BCUT2D eigenvalue weighted by atomic mass is 32.3. The van der Waals surface area contributed by atoms with E-state index in [2.05, 4.69) is 15.3 Å². The molecule has 5 rings (SSSR count). The molecule has 0 radical (unpaired) electrons. The molecule has 31 heavy (non-hydrogen) atoms. The summed E-state index contributed by atoms with van der Waals surface area (Å²) < 4.78 is 20.4. The number of rotatable bonds is 3. The Kier molecular flexibility index (Phi) is 4.31. The molecule has 2 N–H and O–H groups in total. The smallest absolute Gasteiger partial charge is 0.408 e. The van der Waals surface area contributed by atoms with Gasteiger partial charge in [-0.25, -0.2) is 14.6 Å². The molecule has 0 bridgehead atoms. The highest BCUT2D eigenvalue weighted by Gasteiger charge is 2.33. The number of aryl methyl sites for hydroxylation is 3. The van der Waals surface area contributed by atoms with Crippen molar-refractivity contribution in [2.75, 3.05) is 23.1 Å². The van der Waals surface area contributed by atoms with E-state index < -0.39 is 16.1 Å². The van der Waals surface area contributed by atoms with Gasteiger partial charge in [0.15, 0.2) is 11.2 Å². The lowest BCUT2D eigenvalue weighted by molar-refractivity contribution is 0.528. The van der Waals surface area contributed by atoms with E-state index in [0.717, 1.165) is 17.7 Å². The van der Waals surface area contributed by atoms with Crippen LogP contribution >= 0.6 is 10.3 Å². The van der Waals surface area contributed by atoms with E-state index in [1.165, 1.54) is 9.13 Å². The molecule has 4 aromatic rings. The molecule has 0 spiro atoms. The topological polar surface area (TPSA) is 120 Å². The van der Waals surface area contributed by atoms with Gasteiger partial charge in [-0.2, -0.15) is 4.98 Å². The van der Waals surface area contributed by atoms with Crippen LogP contribution in [0.2, 0.25) is 0 Å². The molecule has 4 heterocycles. The first kappa shape index (κ1) is 19.9. The third-order valence-electron chi connectivity index (χ3n) is 6.02. The summed E-state index contributed by atoms with van der Waals surface area (Å²) in [5, 5.41) is 3.19. The normalized spacial score (nSPS) is 23.5. The predicted octanol–water partition coefficient (Wildman–Crippen LogP) is 2.48. The Bertz CT molecular complexity index is 1460. The zero-order valence-corrected chi connectivity index (χ0v) is 18.6. The SMILES string of the molecule is Cc1cc2c(cc1Nc1ncc3c(n1)n(C1CCS(C)(O)C1)c(=O)n3C)oc(=O)n2C. The first-order chi connectivity index (χ1) is 14.6. The summed E-state index contributed by atoms with van der Waals surface area (Å²) in [4.78, 5) is 33.7. The van der Waals surface area contributed by atoms with E-state index in [4.69, 9.17) is 4.42 Å². The minimum Gasteiger partial charge on any atom is -0.408 e. The summed E-state index contributed by atoms with van der Waals surface area (Å²) in [5.41, 5.74) is 3.79. The number of hydrogen-bond acceptors (Lipinski definition) is 7. The number of imidazole rings is 1. The second-order valence-corrected chi connectivity index (χ2v) is 11.5. The second kappa shape index (κ2) is 6.72. The third-order valence-corrected chi connectivity index (χ3v) is 8.24. The molecule has 1 aliphatic heterocycles.